The van der Waals surface area contributed by atoms with E-state index in [1.54, 1.807) is 10.7 Å². The summed E-state index contributed by atoms with van der Waals surface area (Å²) >= 11 is 0. The Labute approximate surface area is 144 Å². The maximum atomic E-state index is 14.3. The molecule has 0 fully saturated rings. The fraction of sp³-hybridized carbons (Fsp3) is 0.389. The molecule has 0 aliphatic heterocycles. The molecule has 0 saturated carbocycles. The summed E-state index contributed by atoms with van der Waals surface area (Å²) in [5.74, 6) is -1.60. The van der Waals surface area contributed by atoms with Crippen LogP contribution in [-0.2, 0) is 17.6 Å². The van der Waals surface area contributed by atoms with Crippen LogP contribution in [0.1, 0.15) is 46.6 Å². The first-order valence-electron chi connectivity index (χ1n) is 8.35. The fourth-order valence-electron chi connectivity index (χ4n) is 3.22. The molecule has 0 bridgehead atoms. The van der Waals surface area contributed by atoms with Gasteiger partial charge in [-0.15, -0.1) is 0 Å². The number of para-hydroxylation sites is 1. The molecular weight excluding hydrogens is 325 g/mol. The second kappa shape index (κ2) is 7.04. The summed E-state index contributed by atoms with van der Waals surface area (Å²) in [6.07, 6.45) is 2.75. The van der Waals surface area contributed by atoms with E-state index in [-0.39, 0.29) is 24.7 Å². The summed E-state index contributed by atoms with van der Waals surface area (Å²) in [5, 5.41) is 15.7. The number of aryl methyl sites for hydroxylation is 1. The zero-order chi connectivity index (χ0) is 18.0. The summed E-state index contributed by atoms with van der Waals surface area (Å²) in [5.41, 5.74) is 3.18. The SMILES string of the molecule is Cc1cccc(F)c1-n1nc(C(=O)NCCCC(=O)O)c2c1CCC2. The van der Waals surface area contributed by atoms with Crippen molar-refractivity contribution in [3.05, 3.63) is 46.5 Å². The van der Waals surface area contributed by atoms with Crippen molar-refractivity contribution < 1.29 is 19.1 Å². The van der Waals surface area contributed by atoms with E-state index in [0.717, 1.165) is 36.1 Å². The zero-order valence-corrected chi connectivity index (χ0v) is 14.0. The molecule has 1 aliphatic carbocycles. The maximum absolute atomic E-state index is 14.3. The van der Waals surface area contributed by atoms with Gasteiger partial charge in [0, 0.05) is 24.2 Å². The number of rotatable bonds is 6. The van der Waals surface area contributed by atoms with Crippen LogP contribution in [0.4, 0.5) is 4.39 Å². The summed E-state index contributed by atoms with van der Waals surface area (Å²) in [4.78, 5) is 23.0. The molecule has 2 aromatic rings. The Morgan fingerprint density at radius 2 is 2.16 bits per heavy atom. The van der Waals surface area contributed by atoms with Crippen LogP contribution in [-0.4, -0.2) is 33.3 Å². The van der Waals surface area contributed by atoms with E-state index in [4.69, 9.17) is 5.11 Å². The maximum Gasteiger partial charge on any atom is 0.303 e. The zero-order valence-electron chi connectivity index (χ0n) is 14.0. The standard InChI is InChI=1S/C18H20FN3O3/c1-11-5-2-7-13(19)17(11)22-14-8-3-6-12(14)16(21-22)18(25)20-10-4-9-15(23)24/h2,5,7H,3-4,6,8-10H2,1H3,(H,20,25)(H,23,24). The first kappa shape index (κ1) is 17.1. The Balaban J connectivity index is 1.88. The lowest BCUT2D eigenvalue weighted by Crippen LogP contribution is -2.26. The largest absolute Gasteiger partial charge is 0.481 e. The van der Waals surface area contributed by atoms with Gasteiger partial charge in [0.05, 0.1) is 0 Å². The molecule has 0 unspecified atom stereocenters. The third-order valence-corrected chi connectivity index (χ3v) is 4.40. The smallest absolute Gasteiger partial charge is 0.303 e. The first-order chi connectivity index (χ1) is 12.0. The molecule has 132 valence electrons. The Morgan fingerprint density at radius 3 is 2.88 bits per heavy atom. The molecule has 0 radical (unpaired) electrons. The van der Waals surface area contributed by atoms with Gasteiger partial charge in [-0.3, -0.25) is 9.59 Å². The summed E-state index contributed by atoms with van der Waals surface area (Å²) in [6.45, 7) is 2.08. The molecule has 7 heteroatoms. The average Bonchev–Trinajstić information content (AvgIpc) is 3.14. The molecule has 0 spiro atoms. The highest BCUT2D eigenvalue weighted by Gasteiger charge is 2.28. The quantitative estimate of drug-likeness (QED) is 0.788. The van der Waals surface area contributed by atoms with Crippen LogP contribution in [0.2, 0.25) is 0 Å². The van der Waals surface area contributed by atoms with Crippen molar-refractivity contribution in [3.8, 4) is 5.69 Å². The van der Waals surface area contributed by atoms with Gasteiger partial charge < -0.3 is 10.4 Å². The van der Waals surface area contributed by atoms with Crippen molar-refractivity contribution in [2.24, 2.45) is 0 Å². The van der Waals surface area contributed by atoms with Gasteiger partial charge in [-0.05, 0) is 44.2 Å². The van der Waals surface area contributed by atoms with Gasteiger partial charge in [-0.2, -0.15) is 5.10 Å². The number of carboxylic acids is 1. The molecule has 1 aromatic heterocycles. The van der Waals surface area contributed by atoms with Gasteiger partial charge in [-0.25, -0.2) is 9.07 Å². The second-order valence-electron chi connectivity index (χ2n) is 6.20. The number of benzene rings is 1. The van der Waals surface area contributed by atoms with Gasteiger partial charge >= 0.3 is 5.97 Å². The average molecular weight is 345 g/mol. The number of carbonyl (C=O) groups is 2. The van der Waals surface area contributed by atoms with Crippen LogP contribution in [0.3, 0.4) is 0 Å². The van der Waals surface area contributed by atoms with Gasteiger partial charge in [0.15, 0.2) is 5.69 Å². The predicted octanol–water partition coefficient (Wildman–Crippen LogP) is 2.40. The van der Waals surface area contributed by atoms with Crippen LogP contribution in [0.15, 0.2) is 18.2 Å². The van der Waals surface area contributed by atoms with E-state index in [9.17, 15) is 14.0 Å². The van der Waals surface area contributed by atoms with Crippen molar-refractivity contribution >= 4 is 11.9 Å². The van der Waals surface area contributed by atoms with E-state index in [2.05, 4.69) is 10.4 Å². The minimum atomic E-state index is -0.894. The van der Waals surface area contributed by atoms with E-state index in [1.165, 1.54) is 6.07 Å². The molecule has 1 heterocycles. The van der Waals surface area contributed by atoms with Crippen molar-refractivity contribution in [2.45, 2.75) is 39.0 Å². The fourth-order valence-corrected chi connectivity index (χ4v) is 3.22. The van der Waals surface area contributed by atoms with Crippen molar-refractivity contribution in [2.75, 3.05) is 6.54 Å². The minimum Gasteiger partial charge on any atom is -0.481 e. The number of carboxylic acid groups (broad SMARTS) is 1. The molecule has 0 atom stereocenters. The Kier molecular flexibility index (Phi) is 4.83. The van der Waals surface area contributed by atoms with Gasteiger partial charge in [-0.1, -0.05) is 12.1 Å². The molecule has 6 nitrogen and oxygen atoms in total. The van der Waals surface area contributed by atoms with E-state index in [1.807, 2.05) is 13.0 Å². The van der Waals surface area contributed by atoms with Crippen molar-refractivity contribution in [3.63, 3.8) is 0 Å². The number of nitrogens with one attached hydrogen (secondary N) is 1. The van der Waals surface area contributed by atoms with Crippen LogP contribution in [0.5, 0.6) is 0 Å². The van der Waals surface area contributed by atoms with Gasteiger partial charge in [0.2, 0.25) is 0 Å². The molecular formula is C18H20FN3O3. The normalized spacial score (nSPS) is 12.9. The number of aliphatic carboxylic acids is 1. The lowest BCUT2D eigenvalue weighted by Gasteiger charge is -2.10. The van der Waals surface area contributed by atoms with E-state index < -0.39 is 5.97 Å². The number of hydrogen-bond donors (Lipinski definition) is 2. The van der Waals surface area contributed by atoms with Gasteiger partial charge in [0.1, 0.15) is 11.5 Å². The highest BCUT2D eigenvalue weighted by Crippen LogP contribution is 2.29. The number of amides is 1. The van der Waals surface area contributed by atoms with Crippen molar-refractivity contribution in [1.82, 2.24) is 15.1 Å². The highest BCUT2D eigenvalue weighted by atomic mass is 19.1. The van der Waals surface area contributed by atoms with Crippen LogP contribution >= 0.6 is 0 Å². The molecule has 0 saturated heterocycles. The van der Waals surface area contributed by atoms with Crippen LogP contribution in [0, 0.1) is 12.7 Å². The molecule has 3 rings (SSSR count). The number of hydrogen-bond acceptors (Lipinski definition) is 3. The minimum absolute atomic E-state index is 0.00124. The van der Waals surface area contributed by atoms with Crippen LogP contribution in [0.25, 0.3) is 5.69 Å². The number of fused-ring (bicyclic) bond motifs is 1. The summed E-state index contributed by atoms with van der Waals surface area (Å²) in [7, 11) is 0. The third-order valence-electron chi connectivity index (χ3n) is 4.40. The number of aromatic nitrogens is 2. The Hall–Kier alpha value is -2.70. The molecule has 1 aromatic carbocycles. The highest BCUT2D eigenvalue weighted by molar-refractivity contribution is 5.94. The lowest BCUT2D eigenvalue weighted by atomic mass is 10.1. The van der Waals surface area contributed by atoms with Gasteiger partial charge in [0.25, 0.3) is 5.91 Å². The summed E-state index contributed by atoms with van der Waals surface area (Å²) < 4.78 is 15.9. The van der Waals surface area contributed by atoms with E-state index >= 15 is 0 Å². The second-order valence-corrected chi connectivity index (χ2v) is 6.20. The number of carbonyl (C=O) groups excluding carboxylic acids is 1. The third kappa shape index (κ3) is 3.40. The Bertz CT molecular complexity index is 809. The van der Waals surface area contributed by atoms with Crippen LogP contribution < -0.4 is 5.32 Å². The summed E-state index contributed by atoms with van der Waals surface area (Å²) in [6, 6.07) is 4.85. The number of nitrogens with zero attached hydrogens (tertiary/aromatic N) is 2. The number of halogens is 1. The Morgan fingerprint density at radius 1 is 1.36 bits per heavy atom. The molecule has 2 N–H and O–H groups in total. The van der Waals surface area contributed by atoms with Crippen molar-refractivity contribution in [1.29, 1.82) is 0 Å². The topological polar surface area (TPSA) is 84.2 Å². The molecule has 25 heavy (non-hydrogen) atoms. The van der Waals surface area contributed by atoms with E-state index in [0.29, 0.717) is 17.8 Å². The molecule has 1 aliphatic rings. The first-order valence-corrected chi connectivity index (χ1v) is 8.35. The predicted molar refractivity (Wildman–Crippen MR) is 89.5 cm³/mol. The lowest BCUT2D eigenvalue weighted by molar-refractivity contribution is -0.137. The molecule has 1 amide bonds. The monoisotopic (exact) mass is 345 g/mol.